The summed E-state index contributed by atoms with van der Waals surface area (Å²) in [4.78, 5) is 13.3. The fourth-order valence-corrected chi connectivity index (χ4v) is 2.96. The van der Waals surface area contributed by atoms with Crippen molar-refractivity contribution in [2.45, 2.75) is 6.42 Å². The van der Waals surface area contributed by atoms with E-state index in [1.807, 2.05) is 11.0 Å². The minimum Gasteiger partial charge on any atom is -0.369 e. The second-order valence-electron chi connectivity index (χ2n) is 5.80. The smallest absolute Gasteiger partial charge is 0.222 e. The van der Waals surface area contributed by atoms with Crippen LogP contribution >= 0.6 is 0 Å². The van der Waals surface area contributed by atoms with Crippen LogP contribution in [0.25, 0.3) is 17.0 Å². The quantitative estimate of drug-likeness (QED) is 0.782. The monoisotopic (exact) mass is 326 g/mol. The van der Waals surface area contributed by atoms with Crippen LogP contribution in [0.1, 0.15) is 6.42 Å². The average molecular weight is 326 g/mol. The first-order valence-electron chi connectivity index (χ1n) is 7.65. The lowest BCUT2D eigenvalue weighted by atomic mass is 10.1. The number of carbonyl (C=O) groups is 1. The Labute approximate surface area is 136 Å². The molecule has 1 fully saturated rings. The number of hydrogen-bond donors (Lipinski definition) is 1. The summed E-state index contributed by atoms with van der Waals surface area (Å²) in [7, 11) is 0. The number of amides is 1. The molecule has 7 nitrogen and oxygen atoms in total. The van der Waals surface area contributed by atoms with Crippen molar-refractivity contribution < 1.29 is 9.18 Å². The first-order chi connectivity index (χ1) is 11.6. The maximum absolute atomic E-state index is 14.1. The second-order valence-corrected chi connectivity index (χ2v) is 5.80. The number of fused-ring (bicyclic) bond motifs is 1. The molecule has 8 heteroatoms. The van der Waals surface area contributed by atoms with Gasteiger partial charge in [0.15, 0.2) is 11.5 Å². The van der Waals surface area contributed by atoms with Gasteiger partial charge in [-0.3, -0.25) is 4.79 Å². The predicted molar refractivity (Wildman–Crippen MR) is 85.7 cm³/mol. The largest absolute Gasteiger partial charge is 0.369 e. The van der Waals surface area contributed by atoms with E-state index < -0.39 is 0 Å². The van der Waals surface area contributed by atoms with Gasteiger partial charge < -0.3 is 10.6 Å². The van der Waals surface area contributed by atoms with Crippen molar-refractivity contribution in [2.24, 2.45) is 11.7 Å². The summed E-state index contributed by atoms with van der Waals surface area (Å²) in [6, 6.07) is 9.96. The fourth-order valence-electron chi connectivity index (χ4n) is 2.96. The van der Waals surface area contributed by atoms with Crippen molar-refractivity contribution in [3.05, 3.63) is 42.2 Å². The van der Waals surface area contributed by atoms with Gasteiger partial charge >= 0.3 is 0 Å². The van der Waals surface area contributed by atoms with Gasteiger partial charge in [-0.15, -0.1) is 15.3 Å². The number of nitrogens with zero attached hydrogens (tertiary/aromatic N) is 5. The third-order valence-electron chi connectivity index (χ3n) is 4.28. The number of primary amides is 1. The van der Waals surface area contributed by atoms with Gasteiger partial charge in [0, 0.05) is 13.1 Å². The molecule has 1 atom stereocenters. The Morgan fingerprint density at radius 1 is 1.21 bits per heavy atom. The Morgan fingerprint density at radius 3 is 2.79 bits per heavy atom. The van der Waals surface area contributed by atoms with Gasteiger partial charge in [-0.1, -0.05) is 12.1 Å². The van der Waals surface area contributed by atoms with E-state index >= 15 is 0 Å². The molecule has 1 aliphatic heterocycles. The van der Waals surface area contributed by atoms with Crippen LogP contribution in [0.5, 0.6) is 0 Å². The maximum atomic E-state index is 14.1. The van der Waals surface area contributed by atoms with Gasteiger partial charge in [0.25, 0.3) is 0 Å². The zero-order chi connectivity index (χ0) is 16.7. The molecule has 3 heterocycles. The number of aromatic nitrogens is 4. The average Bonchev–Trinajstić information content (AvgIpc) is 3.22. The van der Waals surface area contributed by atoms with Crippen LogP contribution in [0.3, 0.4) is 0 Å². The topological polar surface area (TPSA) is 89.4 Å². The molecule has 1 aliphatic rings. The Bertz CT molecular complexity index is 924. The number of anilines is 1. The molecule has 3 aromatic rings. The van der Waals surface area contributed by atoms with Crippen LogP contribution in [0, 0.1) is 11.7 Å². The highest BCUT2D eigenvalue weighted by Crippen LogP contribution is 2.25. The summed E-state index contributed by atoms with van der Waals surface area (Å²) in [5.41, 5.74) is 6.25. The van der Waals surface area contributed by atoms with Crippen LogP contribution in [0.2, 0.25) is 0 Å². The van der Waals surface area contributed by atoms with Gasteiger partial charge in [0.05, 0.1) is 11.5 Å². The van der Waals surface area contributed by atoms with Crippen LogP contribution < -0.4 is 10.6 Å². The number of nitrogens with two attached hydrogens (primary N) is 1. The molecule has 24 heavy (non-hydrogen) atoms. The van der Waals surface area contributed by atoms with E-state index in [0.29, 0.717) is 42.4 Å². The fraction of sp³-hybridized carbons (Fsp3) is 0.250. The molecule has 0 saturated carbocycles. The summed E-state index contributed by atoms with van der Waals surface area (Å²) in [6.45, 7) is 1.23. The van der Waals surface area contributed by atoms with Crippen molar-refractivity contribution >= 4 is 17.4 Å². The number of carbonyl (C=O) groups excluding carboxylic acids is 1. The molecule has 1 amide bonds. The highest BCUT2D eigenvalue weighted by Gasteiger charge is 2.28. The molecule has 0 radical (unpaired) electrons. The molecule has 122 valence electrons. The first kappa shape index (κ1) is 14.6. The van der Waals surface area contributed by atoms with Gasteiger partial charge in [0.2, 0.25) is 5.91 Å². The first-order valence-corrected chi connectivity index (χ1v) is 7.65. The van der Waals surface area contributed by atoms with Crippen molar-refractivity contribution in [3.8, 4) is 11.4 Å². The molecule has 4 rings (SSSR count). The van der Waals surface area contributed by atoms with Gasteiger partial charge in [-0.2, -0.15) is 4.52 Å². The van der Waals surface area contributed by atoms with E-state index in [2.05, 4.69) is 15.3 Å². The summed E-state index contributed by atoms with van der Waals surface area (Å²) >= 11 is 0. The predicted octanol–water partition coefficient (Wildman–Crippen LogP) is 1.24. The van der Waals surface area contributed by atoms with Crippen LogP contribution in [-0.4, -0.2) is 38.8 Å². The van der Waals surface area contributed by atoms with Crippen LogP contribution in [0.4, 0.5) is 10.2 Å². The second kappa shape index (κ2) is 5.55. The lowest BCUT2D eigenvalue weighted by Gasteiger charge is -2.16. The number of hydrogen-bond acceptors (Lipinski definition) is 5. The van der Waals surface area contributed by atoms with Gasteiger partial charge in [0.1, 0.15) is 11.6 Å². The molecule has 0 bridgehead atoms. The Balaban J connectivity index is 1.75. The lowest BCUT2D eigenvalue weighted by Crippen LogP contribution is -2.28. The van der Waals surface area contributed by atoms with E-state index in [0.717, 1.165) is 0 Å². The summed E-state index contributed by atoms with van der Waals surface area (Å²) in [6.07, 6.45) is 0.706. The Kier molecular flexibility index (Phi) is 3.37. The van der Waals surface area contributed by atoms with Crippen molar-refractivity contribution in [1.29, 1.82) is 0 Å². The van der Waals surface area contributed by atoms with E-state index in [9.17, 15) is 9.18 Å². The normalized spacial score (nSPS) is 17.5. The zero-order valence-electron chi connectivity index (χ0n) is 12.8. The molecular formula is C16H15FN6O. The molecule has 0 aliphatic carbocycles. The molecule has 1 saturated heterocycles. The molecule has 0 unspecified atom stereocenters. The number of benzene rings is 1. The van der Waals surface area contributed by atoms with Crippen molar-refractivity contribution in [2.75, 3.05) is 18.0 Å². The minimum atomic E-state index is -0.381. The molecule has 1 aromatic carbocycles. The van der Waals surface area contributed by atoms with E-state index in [1.165, 1.54) is 10.6 Å². The summed E-state index contributed by atoms with van der Waals surface area (Å²) in [5, 5.41) is 12.6. The number of halogens is 1. The molecular weight excluding hydrogens is 311 g/mol. The third kappa shape index (κ3) is 2.36. The third-order valence-corrected chi connectivity index (χ3v) is 4.28. The van der Waals surface area contributed by atoms with E-state index in [-0.39, 0.29) is 17.6 Å². The highest BCUT2D eigenvalue weighted by molar-refractivity contribution is 5.78. The van der Waals surface area contributed by atoms with Crippen molar-refractivity contribution in [3.63, 3.8) is 0 Å². The zero-order valence-corrected chi connectivity index (χ0v) is 12.8. The maximum Gasteiger partial charge on any atom is 0.222 e. The van der Waals surface area contributed by atoms with Crippen molar-refractivity contribution in [1.82, 2.24) is 19.8 Å². The van der Waals surface area contributed by atoms with E-state index in [4.69, 9.17) is 5.73 Å². The Morgan fingerprint density at radius 2 is 2.04 bits per heavy atom. The van der Waals surface area contributed by atoms with E-state index in [1.54, 1.807) is 24.3 Å². The summed E-state index contributed by atoms with van der Waals surface area (Å²) in [5.74, 6) is 0.178. The number of rotatable bonds is 3. The minimum absolute atomic E-state index is 0.172. The van der Waals surface area contributed by atoms with Gasteiger partial charge in [-0.05, 0) is 30.7 Å². The van der Waals surface area contributed by atoms with Crippen LogP contribution in [-0.2, 0) is 4.79 Å². The van der Waals surface area contributed by atoms with Gasteiger partial charge in [-0.25, -0.2) is 4.39 Å². The SMILES string of the molecule is NC(=O)[C@@H]1CCN(c2ccc3nnc(-c4ccccc4F)n3n2)C1. The lowest BCUT2D eigenvalue weighted by molar-refractivity contribution is -0.121. The Hall–Kier alpha value is -3.03. The summed E-state index contributed by atoms with van der Waals surface area (Å²) < 4.78 is 15.6. The standard InChI is InChI=1S/C16H15FN6O/c17-12-4-2-1-3-11(12)16-20-19-13-5-6-14(21-23(13)16)22-8-7-10(9-22)15(18)24/h1-6,10H,7-9H2,(H2,18,24)/t10-/m1/s1. The van der Waals surface area contributed by atoms with Crippen LogP contribution in [0.15, 0.2) is 36.4 Å². The molecule has 0 spiro atoms. The highest BCUT2D eigenvalue weighted by atomic mass is 19.1. The molecule has 2 aromatic heterocycles. The molecule has 2 N–H and O–H groups in total.